The summed E-state index contributed by atoms with van der Waals surface area (Å²) in [5.41, 5.74) is -0.573. The predicted octanol–water partition coefficient (Wildman–Crippen LogP) is 2.26. The van der Waals surface area contributed by atoms with Crippen LogP contribution in [0.4, 0.5) is 4.79 Å². The minimum Gasteiger partial charge on any atom is -0.323 e. The Bertz CT molecular complexity index is 314. The van der Waals surface area contributed by atoms with Gasteiger partial charge < -0.3 is 5.32 Å². The van der Waals surface area contributed by atoms with Crippen LogP contribution in [0.15, 0.2) is 0 Å². The van der Waals surface area contributed by atoms with E-state index in [-0.39, 0.29) is 11.9 Å². The van der Waals surface area contributed by atoms with Crippen molar-refractivity contribution in [3.63, 3.8) is 0 Å². The zero-order valence-corrected chi connectivity index (χ0v) is 10.8. The van der Waals surface area contributed by atoms with E-state index in [1.54, 1.807) is 0 Å². The molecule has 0 aromatic carbocycles. The molecule has 2 aliphatic rings. The van der Waals surface area contributed by atoms with Crippen LogP contribution >= 0.6 is 11.6 Å². The molecule has 1 aliphatic carbocycles. The second-order valence-electron chi connectivity index (χ2n) is 4.93. The highest BCUT2D eigenvalue weighted by molar-refractivity contribution is 6.17. The van der Waals surface area contributed by atoms with Gasteiger partial charge in [-0.15, -0.1) is 11.6 Å². The lowest BCUT2D eigenvalue weighted by Gasteiger charge is -2.30. The van der Waals surface area contributed by atoms with E-state index in [4.69, 9.17) is 11.6 Å². The zero-order valence-electron chi connectivity index (χ0n) is 10.0. The molecular formula is C12H19ClN2O2. The first-order valence-corrected chi connectivity index (χ1v) is 6.93. The van der Waals surface area contributed by atoms with Gasteiger partial charge >= 0.3 is 6.03 Å². The van der Waals surface area contributed by atoms with Gasteiger partial charge in [0.25, 0.3) is 5.91 Å². The Balaban J connectivity index is 2.00. The Hall–Kier alpha value is -0.770. The first kappa shape index (κ1) is 12.7. The number of nitrogens with one attached hydrogen (secondary N) is 1. The van der Waals surface area contributed by atoms with Crippen LogP contribution < -0.4 is 5.32 Å². The average molecular weight is 259 g/mol. The van der Waals surface area contributed by atoms with Gasteiger partial charge in [-0.3, -0.25) is 9.69 Å². The van der Waals surface area contributed by atoms with Gasteiger partial charge in [-0.05, 0) is 25.7 Å². The predicted molar refractivity (Wildman–Crippen MR) is 66.0 cm³/mol. The third-order valence-corrected chi connectivity index (χ3v) is 3.99. The van der Waals surface area contributed by atoms with E-state index in [1.165, 1.54) is 4.90 Å². The summed E-state index contributed by atoms with van der Waals surface area (Å²) >= 11 is 5.60. The molecule has 0 bridgehead atoms. The maximum Gasteiger partial charge on any atom is 0.325 e. The summed E-state index contributed by atoms with van der Waals surface area (Å²) < 4.78 is 0. The van der Waals surface area contributed by atoms with Gasteiger partial charge in [0, 0.05) is 12.4 Å². The van der Waals surface area contributed by atoms with Crippen molar-refractivity contribution in [1.29, 1.82) is 0 Å². The fourth-order valence-corrected chi connectivity index (χ4v) is 2.93. The molecule has 0 aromatic rings. The van der Waals surface area contributed by atoms with Crippen LogP contribution in [-0.2, 0) is 4.79 Å². The van der Waals surface area contributed by atoms with Crippen LogP contribution in [0.2, 0.25) is 0 Å². The van der Waals surface area contributed by atoms with Crippen molar-refractivity contribution in [2.45, 2.75) is 50.5 Å². The first-order chi connectivity index (χ1) is 8.19. The van der Waals surface area contributed by atoms with Crippen molar-refractivity contribution in [3.8, 4) is 0 Å². The van der Waals surface area contributed by atoms with Crippen LogP contribution in [-0.4, -0.2) is 34.8 Å². The van der Waals surface area contributed by atoms with Crippen molar-refractivity contribution in [2.75, 3.05) is 12.4 Å². The van der Waals surface area contributed by atoms with Crippen LogP contribution in [0.25, 0.3) is 0 Å². The van der Waals surface area contributed by atoms with E-state index >= 15 is 0 Å². The number of unbranched alkanes of at least 4 members (excludes halogenated alkanes) is 1. The Kier molecular flexibility index (Phi) is 3.92. The molecule has 3 amide bonds. The van der Waals surface area contributed by atoms with Gasteiger partial charge in [-0.2, -0.15) is 0 Å². The number of halogens is 1. The van der Waals surface area contributed by atoms with Crippen LogP contribution in [0.3, 0.4) is 0 Å². The summed E-state index contributed by atoms with van der Waals surface area (Å²) in [6.45, 7) is 0.499. The summed E-state index contributed by atoms with van der Waals surface area (Å²) in [7, 11) is 0. The number of urea groups is 1. The highest BCUT2D eigenvalue weighted by atomic mass is 35.5. The second kappa shape index (κ2) is 5.25. The van der Waals surface area contributed by atoms with Crippen molar-refractivity contribution in [3.05, 3.63) is 0 Å². The van der Waals surface area contributed by atoms with Gasteiger partial charge in [-0.25, -0.2) is 4.79 Å². The van der Waals surface area contributed by atoms with Crippen LogP contribution in [0.5, 0.6) is 0 Å². The Morgan fingerprint density at radius 3 is 2.53 bits per heavy atom. The van der Waals surface area contributed by atoms with Gasteiger partial charge in [0.15, 0.2) is 0 Å². The molecule has 0 radical (unpaired) electrons. The van der Waals surface area contributed by atoms with Gasteiger partial charge in [0.2, 0.25) is 0 Å². The molecule has 4 nitrogen and oxygen atoms in total. The molecule has 0 atom stereocenters. The molecule has 96 valence electrons. The molecule has 2 fully saturated rings. The number of carbonyl (C=O) groups excluding carboxylic acids is 2. The summed E-state index contributed by atoms with van der Waals surface area (Å²) in [4.78, 5) is 25.5. The lowest BCUT2D eigenvalue weighted by atomic mass is 9.82. The number of rotatable bonds is 4. The Labute approximate surface area is 107 Å². The van der Waals surface area contributed by atoms with Crippen molar-refractivity contribution >= 4 is 23.5 Å². The molecule has 1 heterocycles. The fraction of sp³-hybridized carbons (Fsp3) is 0.833. The molecule has 1 saturated heterocycles. The molecule has 1 aliphatic heterocycles. The summed E-state index contributed by atoms with van der Waals surface area (Å²) in [5, 5.41) is 2.90. The smallest absolute Gasteiger partial charge is 0.323 e. The van der Waals surface area contributed by atoms with E-state index in [9.17, 15) is 9.59 Å². The first-order valence-electron chi connectivity index (χ1n) is 6.40. The zero-order chi connectivity index (χ0) is 12.3. The molecule has 1 spiro atoms. The van der Waals surface area contributed by atoms with Gasteiger partial charge in [0.1, 0.15) is 5.54 Å². The number of hydrogen-bond acceptors (Lipinski definition) is 2. The molecule has 17 heavy (non-hydrogen) atoms. The highest BCUT2D eigenvalue weighted by Gasteiger charge is 2.50. The molecule has 0 unspecified atom stereocenters. The minimum absolute atomic E-state index is 0.0169. The number of amides is 3. The number of imide groups is 1. The van der Waals surface area contributed by atoms with E-state index < -0.39 is 5.54 Å². The molecule has 0 aromatic heterocycles. The number of nitrogens with zero attached hydrogens (tertiary/aromatic N) is 1. The van der Waals surface area contributed by atoms with Crippen LogP contribution in [0.1, 0.15) is 44.9 Å². The van der Waals surface area contributed by atoms with Crippen molar-refractivity contribution in [2.24, 2.45) is 0 Å². The SMILES string of the molecule is O=C1NC2(CCCCC2)C(=O)N1CCCCCl. The maximum absolute atomic E-state index is 12.3. The molecule has 5 heteroatoms. The van der Waals surface area contributed by atoms with E-state index in [2.05, 4.69) is 5.32 Å². The molecule has 2 rings (SSSR count). The van der Waals surface area contributed by atoms with Crippen molar-refractivity contribution < 1.29 is 9.59 Å². The largest absolute Gasteiger partial charge is 0.325 e. The third kappa shape index (κ3) is 2.41. The molecule has 1 saturated carbocycles. The normalized spacial score (nSPS) is 23.2. The minimum atomic E-state index is -0.573. The number of carbonyl (C=O) groups is 2. The van der Waals surface area contributed by atoms with Crippen molar-refractivity contribution in [1.82, 2.24) is 10.2 Å². The van der Waals surface area contributed by atoms with Gasteiger partial charge in [-0.1, -0.05) is 19.3 Å². The number of hydrogen-bond donors (Lipinski definition) is 1. The molecule has 1 N–H and O–H groups in total. The fourth-order valence-electron chi connectivity index (χ4n) is 2.74. The van der Waals surface area contributed by atoms with E-state index in [0.29, 0.717) is 12.4 Å². The summed E-state index contributed by atoms with van der Waals surface area (Å²) in [6.07, 6.45) is 6.44. The molecular weight excluding hydrogens is 240 g/mol. The third-order valence-electron chi connectivity index (χ3n) is 3.72. The average Bonchev–Trinajstić information content (AvgIpc) is 2.55. The lowest BCUT2D eigenvalue weighted by molar-refractivity contribution is -0.132. The summed E-state index contributed by atoms with van der Waals surface area (Å²) in [6, 6.07) is -0.216. The second-order valence-corrected chi connectivity index (χ2v) is 5.30. The maximum atomic E-state index is 12.3. The van der Waals surface area contributed by atoms with E-state index in [0.717, 1.165) is 44.9 Å². The lowest BCUT2D eigenvalue weighted by Crippen LogP contribution is -2.48. The highest BCUT2D eigenvalue weighted by Crippen LogP contribution is 2.33. The summed E-state index contributed by atoms with van der Waals surface area (Å²) in [5.74, 6) is 0.561. The van der Waals surface area contributed by atoms with Gasteiger partial charge in [0.05, 0.1) is 0 Å². The monoisotopic (exact) mass is 258 g/mol. The Morgan fingerprint density at radius 1 is 1.18 bits per heavy atom. The number of alkyl halides is 1. The van der Waals surface area contributed by atoms with E-state index in [1.807, 2.05) is 0 Å². The quantitative estimate of drug-likeness (QED) is 0.478. The standard InChI is InChI=1S/C12H19ClN2O2/c13-8-4-5-9-15-10(16)12(14-11(15)17)6-2-1-3-7-12/h1-9H2,(H,14,17). The van der Waals surface area contributed by atoms with Crippen LogP contribution in [0, 0.1) is 0 Å². The Morgan fingerprint density at radius 2 is 1.88 bits per heavy atom. The topological polar surface area (TPSA) is 49.4 Å².